The highest BCUT2D eigenvalue weighted by atomic mass is 32.1. The number of pyridine rings is 1. The van der Waals surface area contributed by atoms with Crippen LogP contribution in [-0.4, -0.2) is 4.57 Å². The number of hydrogen-bond donors (Lipinski definition) is 1. The van der Waals surface area contributed by atoms with Crippen LogP contribution in [0.4, 0.5) is 0 Å². The molecule has 1 aromatic rings. The van der Waals surface area contributed by atoms with Crippen LogP contribution >= 0.6 is 12.6 Å². The first-order valence-electron chi connectivity index (χ1n) is 2.61. The fourth-order valence-electron chi connectivity index (χ4n) is 0.577. The third-order valence-electron chi connectivity index (χ3n) is 1.05. The van der Waals surface area contributed by atoms with Crippen molar-refractivity contribution in [1.29, 1.82) is 0 Å². The van der Waals surface area contributed by atoms with Crippen molar-refractivity contribution in [2.45, 2.75) is 5.88 Å². The van der Waals surface area contributed by atoms with E-state index in [1.54, 1.807) is 18.3 Å². The minimum atomic E-state index is -0.00694. The summed E-state index contributed by atoms with van der Waals surface area (Å²) in [7, 11) is 0. The van der Waals surface area contributed by atoms with Gasteiger partial charge in [-0.1, -0.05) is 6.07 Å². The summed E-state index contributed by atoms with van der Waals surface area (Å²) >= 11 is 3.94. The first-order chi connectivity index (χ1) is 4.34. The second-order valence-corrected chi connectivity index (χ2v) is 1.93. The molecule has 1 heterocycles. The van der Waals surface area contributed by atoms with Gasteiger partial charge in [-0.15, -0.1) is 0 Å². The topological polar surface area (TPSA) is 22.0 Å². The summed E-state index contributed by atoms with van der Waals surface area (Å²) in [6.45, 7) is 0. The van der Waals surface area contributed by atoms with Gasteiger partial charge >= 0.3 is 0 Å². The van der Waals surface area contributed by atoms with Gasteiger partial charge in [-0.2, -0.15) is 12.6 Å². The maximum Gasteiger partial charge on any atom is 0.251 e. The Labute approximate surface area is 58.5 Å². The van der Waals surface area contributed by atoms with Crippen LogP contribution < -0.4 is 5.56 Å². The van der Waals surface area contributed by atoms with Gasteiger partial charge in [0.25, 0.3) is 5.56 Å². The molecule has 1 rings (SSSR count). The van der Waals surface area contributed by atoms with E-state index in [9.17, 15) is 4.79 Å². The van der Waals surface area contributed by atoms with Gasteiger partial charge in [-0.05, 0) is 6.07 Å². The van der Waals surface area contributed by atoms with Crippen molar-refractivity contribution in [1.82, 2.24) is 4.57 Å². The highest BCUT2D eigenvalue weighted by Gasteiger charge is 1.85. The molecule has 0 aliphatic carbocycles. The molecule has 3 heteroatoms. The zero-order valence-electron chi connectivity index (χ0n) is 4.82. The molecule has 0 fully saturated rings. The van der Waals surface area contributed by atoms with E-state index in [4.69, 9.17) is 0 Å². The fourth-order valence-corrected chi connectivity index (χ4v) is 0.811. The van der Waals surface area contributed by atoms with Gasteiger partial charge in [0.2, 0.25) is 0 Å². The summed E-state index contributed by atoms with van der Waals surface area (Å²) in [4.78, 5) is 10.8. The molecule has 2 nitrogen and oxygen atoms in total. The van der Waals surface area contributed by atoms with E-state index in [2.05, 4.69) is 12.6 Å². The quantitative estimate of drug-likeness (QED) is 0.572. The second-order valence-electron chi connectivity index (χ2n) is 1.65. The minimum Gasteiger partial charge on any atom is -0.306 e. The lowest BCUT2D eigenvalue weighted by atomic mass is 10.5. The van der Waals surface area contributed by atoms with Crippen LogP contribution in [0.1, 0.15) is 0 Å². The second kappa shape index (κ2) is 2.73. The van der Waals surface area contributed by atoms with Gasteiger partial charge in [0.05, 0.1) is 5.88 Å². The van der Waals surface area contributed by atoms with Crippen molar-refractivity contribution in [2.24, 2.45) is 0 Å². The van der Waals surface area contributed by atoms with Crippen LogP contribution in [0.15, 0.2) is 29.2 Å². The Morgan fingerprint density at radius 3 is 2.78 bits per heavy atom. The van der Waals surface area contributed by atoms with E-state index in [-0.39, 0.29) is 5.56 Å². The van der Waals surface area contributed by atoms with E-state index in [1.807, 2.05) is 0 Å². The molecular weight excluding hydrogens is 134 g/mol. The summed E-state index contributed by atoms with van der Waals surface area (Å²) in [5, 5.41) is 0. The molecular formula is C6H7NOS. The van der Waals surface area contributed by atoms with E-state index < -0.39 is 0 Å². The Morgan fingerprint density at radius 1 is 1.56 bits per heavy atom. The van der Waals surface area contributed by atoms with E-state index in [0.717, 1.165) is 0 Å². The fraction of sp³-hybridized carbons (Fsp3) is 0.167. The molecule has 0 N–H and O–H groups in total. The number of aromatic nitrogens is 1. The zero-order valence-corrected chi connectivity index (χ0v) is 5.71. The average molecular weight is 141 g/mol. The van der Waals surface area contributed by atoms with Gasteiger partial charge in [0, 0.05) is 12.3 Å². The third-order valence-corrected chi connectivity index (χ3v) is 1.36. The smallest absolute Gasteiger partial charge is 0.251 e. The van der Waals surface area contributed by atoms with Crippen LogP contribution in [0.2, 0.25) is 0 Å². The summed E-state index contributed by atoms with van der Waals surface area (Å²) in [5.41, 5.74) is -0.00694. The number of rotatable bonds is 1. The lowest BCUT2D eigenvalue weighted by Crippen LogP contribution is -2.14. The van der Waals surface area contributed by atoms with Gasteiger partial charge in [-0.25, -0.2) is 0 Å². The molecule has 0 bridgehead atoms. The molecule has 48 valence electrons. The van der Waals surface area contributed by atoms with E-state index in [0.29, 0.717) is 5.88 Å². The molecule has 1 aromatic heterocycles. The van der Waals surface area contributed by atoms with Crippen molar-refractivity contribution < 1.29 is 0 Å². The lowest BCUT2D eigenvalue weighted by Gasteiger charge is -1.95. The van der Waals surface area contributed by atoms with Gasteiger partial charge in [-0.3, -0.25) is 4.79 Å². The predicted molar refractivity (Wildman–Crippen MR) is 39.7 cm³/mol. The average Bonchev–Trinajstić information content (AvgIpc) is 1.89. The standard InChI is InChI=1S/C6H7NOS/c8-6-3-1-2-4-7(6)5-9/h1-4,9H,5H2. The Hall–Kier alpha value is -0.700. The number of nitrogens with zero attached hydrogens (tertiary/aromatic N) is 1. The molecule has 9 heavy (non-hydrogen) atoms. The summed E-state index contributed by atoms with van der Waals surface area (Å²) in [6.07, 6.45) is 1.70. The Bertz CT molecular complexity index is 243. The van der Waals surface area contributed by atoms with E-state index in [1.165, 1.54) is 10.6 Å². The largest absolute Gasteiger partial charge is 0.306 e. The Balaban J connectivity index is 3.16. The molecule has 0 aliphatic rings. The molecule has 0 saturated carbocycles. The number of thiol groups is 1. The molecule has 0 atom stereocenters. The molecule has 0 aliphatic heterocycles. The van der Waals surface area contributed by atoms with Crippen molar-refractivity contribution in [3.8, 4) is 0 Å². The minimum absolute atomic E-state index is 0.00694. The first-order valence-corrected chi connectivity index (χ1v) is 3.24. The van der Waals surface area contributed by atoms with Crippen LogP contribution in [0, 0.1) is 0 Å². The highest BCUT2D eigenvalue weighted by Crippen LogP contribution is 1.82. The van der Waals surface area contributed by atoms with Crippen molar-refractivity contribution in [3.63, 3.8) is 0 Å². The van der Waals surface area contributed by atoms with Crippen LogP contribution in [0.5, 0.6) is 0 Å². The molecule has 0 radical (unpaired) electrons. The Kier molecular flexibility index (Phi) is 1.95. The van der Waals surface area contributed by atoms with Gasteiger partial charge in [0.1, 0.15) is 0 Å². The SMILES string of the molecule is O=c1ccccn1CS. The summed E-state index contributed by atoms with van der Waals surface area (Å²) in [6, 6.07) is 5.02. The normalized spacial score (nSPS) is 9.44. The third kappa shape index (κ3) is 1.36. The van der Waals surface area contributed by atoms with Gasteiger partial charge in [0.15, 0.2) is 0 Å². The van der Waals surface area contributed by atoms with E-state index >= 15 is 0 Å². The monoisotopic (exact) mass is 141 g/mol. The number of hydrogen-bond acceptors (Lipinski definition) is 2. The maximum atomic E-state index is 10.8. The molecule has 0 aromatic carbocycles. The predicted octanol–water partition coefficient (Wildman–Crippen LogP) is 0.736. The molecule has 0 saturated heterocycles. The summed E-state index contributed by atoms with van der Waals surface area (Å²) < 4.78 is 1.52. The first kappa shape index (κ1) is 6.42. The van der Waals surface area contributed by atoms with Crippen molar-refractivity contribution in [2.75, 3.05) is 0 Å². The zero-order chi connectivity index (χ0) is 6.69. The lowest BCUT2D eigenvalue weighted by molar-refractivity contribution is 0.844. The van der Waals surface area contributed by atoms with Crippen molar-refractivity contribution in [3.05, 3.63) is 34.7 Å². The Morgan fingerprint density at radius 2 is 2.33 bits per heavy atom. The molecule has 0 unspecified atom stereocenters. The van der Waals surface area contributed by atoms with Gasteiger partial charge < -0.3 is 4.57 Å². The highest BCUT2D eigenvalue weighted by molar-refractivity contribution is 7.79. The van der Waals surface area contributed by atoms with Crippen molar-refractivity contribution >= 4 is 12.6 Å². The molecule has 0 spiro atoms. The van der Waals surface area contributed by atoms with Crippen LogP contribution in [-0.2, 0) is 5.88 Å². The molecule has 0 amide bonds. The van der Waals surface area contributed by atoms with Crippen LogP contribution in [0.25, 0.3) is 0 Å². The maximum absolute atomic E-state index is 10.8. The van der Waals surface area contributed by atoms with Crippen LogP contribution in [0.3, 0.4) is 0 Å². The summed E-state index contributed by atoms with van der Waals surface area (Å²) in [5.74, 6) is 0.444.